The van der Waals surface area contributed by atoms with Crippen LogP contribution in [0.5, 0.6) is 0 Å². The first-order valence-electron chi connectivity index (χ1n) is 6.98. The molecule has 0 aliphatic heterocycles. The van der Waals surface area contributed by atoms with E-state index in [0.29, 0.717) is 12.2 Å². The molecular formula is C13H23N3O6S. The summed E-state index contributed by atoms with van der Waals surface area (Å²) >= 11 is 1.52. The van der Waals surface area contributed by atoms with Crippen LogP contribution in [0, 0.1) is 0 Å². The molecule has 0 aliphatic carbocycles. The van der Waals surface area contributed by atoms with Gasteiger partial charge in [0.15, 0.2) is 0 Å². The number of carboxylic acid groups (broad SMARTS) is 2. The second kappa shape index (κ2) is 10.8. The summed E-state index contributed by atoms with van der Waals surface area (Å²) in [6.45, 7) is 1.26. The molecule has 0 unspecified atom stereocenters. The lowest BCUT2D eigenvalue weighted by Crippen LogP contribution is -2.54. The van der Waals surface area contributed by atoms with Gasteiger partial charge in [-0.05, 0) is 31.8 Å². The summed E-state index contributed by atoms with van der Waals surface area (Å²) in [7, 11) is 0. The number of aliphatic carboxylic acids is 2. The summed E-state index contributed by atoms with van der Waals surface area (Å²) in [6, 6.07) is -3.13. The number of nitrogens with one attached hydrogen (secondary N) is 2. The molecule has 0 fully saturated rings. The normalized spacial score (nSPS) is 14.4. The fraction of sp³-hybridized carbons (Fsp3) is 0.692. The molecule has 0 rings (SSSR count). The third kappa shape index (κ3) is 9.04. The van der Waals surface area contributed by atoms with Gasteiger partial charge < -0.3 is 26.6 Å². The monoisotopic (exact) mass is 349 g/mol. The largest absolute Gasteiger partial charge is 0.481 e. The summed E-state index contributed by atoms with van der Waals surface area (Å²) in [6.07, 6.45) is 1.77. The van der Waals surface area contributed by atoms with E-state index in [1.807, 2.05) is 6.26 Å². The minimum absolute atomic E-state index is 0.158. The Balaban J connectivity index is 4.78. The van der Waals surface area contributed by atoms with Crippen molar-refractivity contribution in [2.45, 2.75) is 44.3 Å². The summed E-state index contributed by atoms with van der Waals surface area (Å²) < 4.78 is 0. The van der Waals surface area contributed by atoms with E-state index in [4.69, 9.17) is 15.9 Å². The molecule has 0 saturated heterocycles. The minimum Gasteiger partial charge on any atom is -0.481 e. The average molecular weight is 349 g/mol. The van der Waals surface area contributed by atoms with Crippen LogP contribution in [0.2, 0.25) is 0 Å². The Morgan fingerprint density at radius 3 is 2.17 bits per heavy atom. The molecule has 0 aliphatic rings. The maximum Gasteiger partial charge on any atom is 0.325 e. The number of hydrogen-bond acceptors (Lipinski definition) is 6. The Morgan fingerprint density at radius 2 is 1.70 bits per heavy atom. The van der Waals surface area contributed by atoms with E-state index in [-0.39, 0.29) is 12.8 Å². The van der Waals surface area contributed by atoms with Crippen LogP contribution in [0.15, 0.2) is 0 Å². The van der Waals surface area contributed by atoms with Gasteiger partial charge in [0.2, 0.25) is 11.8 Å². The highest BCUT2D eigenvalue weighted by atomic mass is 32.2. The molecule has 10 heteroatoms. The van der Waals surface area contributed by atoms with Crippen LogP contribution in [0.1, 0.15) is 26.2 Å². The van der Waals surface area contributed by atoms with Crippen LogP contribution in [0.3, 0.4) is 0 Å². The standard InChI is InChI=1S/C13H23N3O6S/c1-7(13(21)22)15-12(20)9(3-4-10(17)18)16-11(19)8(14)5-6-23-2/h7-9H,3-6,14H2,1-2H3,(H,15,20)(H,16,19)(H,17,18)(H,21,22)/t7-,8-,9-/m0/s1. The lowest BCUT2D eigenvalue weighted by Gasteiger charge is -2.21. The lowest BCUT2D eigenvalue weighted by molar-refractivity contribution is -0.142. The molecule has 6 N–H and O–H groups in total. The summed E-state index contributed by atoms with van der Waals surface area (Å²) in [5.74, 6) is -3.04. The van der Waals surface area contributed by atoms with E-state index in [9.17, 15) is 19.2 Å². The van der Waals surface area contributed by atoms with Gasteiger partial charge in [-0.1, -0.05) is 0 Å². The Hall–Kier alpha value is -1.81. The SMILES string of the molecule is CSCC[C@H](N)C(=O)N[C@@H](CCC(=O)O)C(=O)N[C@@H](C)C(=O)O. The quantitative estimate of drug-likeness (QED) is 0.318. The van der Waals surface area contributed by atoms with Crippen molar-refractivity contribution < 1.29 is 29.4 Å². The zero-order valence-electron chi connectivity index (χ0n) is 13.1. The van der Waals surface area contributed by atoms with Crippen LogP contribution in [0.4, 0.5) is 0 Å². The van der Waals surface area contributed by atoms with Crippen LogP contribution in [0.25, 0.3) is 0 Å². The van der Waals surface area contributed by atoms with E-state index >= 15 is 0 Å². The molecule has 23 heavy (non-hydrogen) atoms. The highest BCUT2D eigenvalue weighted by Gasteiger charge is 2.26. The zero-order chi connectivity index (χ0) is 18.0. The third-order valence-electron chi connectivity index (χ3n) is 2.98. The topological polar surface area (TPSA) is 159 Å². The number of nitrogens with two attached hydrogens (primary N) is 1. The smallest absolute Gasteiger partial charge is 0.325 e. The van der Waals surface area contributed by atoms with Crippen LogP contribution >= 0.6 is 11.8 Å². The summed E-state index contributed by atoms with van der Waals surface area (Å²) in [5, 5.41) is 22.1. The number of thioether (sulfide) groups is 1. The second-order valence-electron chi connectivity index (χ2n) is 4.95. The highest BCUT2D eigenvalue weighted by Crippen LogP contribution is 2.03. The fourth-order valence-electron chi connectivity index (χ4n) is 1.57. The molecule has 0 bridgehead atoms. The molecule has 0 spiro atoms. The first-order valence-corrected chi connectivity index (χ1v) is 8.38. The molecular weight excluding hydrogens is 326 g/mol. The van der Waals surface area contributed by atoms with Gasteiger partial charge in [0.05, 0.1) is 6.04 Å². The number of hydrogen-bond donors (Lipinski definition) is 5. The lowest BCUT2D eigenvalue weighted by atomic mass is 10.1. The van der Waals surface area contributed by atoms with Crippen molar-refractivity contribution >= 4 is 35.5 Å². The van der Waals surface area contributed by atoms with Gasteiger partial charge in [-0.25, -0.2) is 0 Å². The maximum atomic E-state index is 12.0. The average Bonchev–Trinajstić information content (AvgIpc) is 2.47. The number of carbonyl (C=O) groups excluding carboxylic acids is 2. The van der Waals surface area contributed by atoms with E-state index in [2.05, 4.69) is 10.6 Å². The Kier molecular flexibility index (Phi) is 9.99. The molecule has 0 aromatic rings. The van der Waals surface area contributed by atoms with Crippen molar-refractivity contribution in [1.29, 1.82) is 0 Å². The van der Waals surface area contributed by atoms with Crippen molar-refractivity contribution in [3.05, 3.63) is 0 Å². The molecule has 0 aromatic heterocycles. The predicted octanol–water partition coefficient (Wildman–Crippen LogP) is -0.994. The van der Waals surface area contributed by atoms with E-state index in [0.717, 1.165) is 0 Å². The molecule has 0 aromatic carbocycles. The third-order valence-corrected chi connectivity index (χ3v) is 3.62. The van der Waals surface area contributed by atoms with Crippen LogP contribution < -0.4 is 16.4 Å². The van der Waals surface area contributed by atoms with Crippen molar-refractivity contribution in [1.82, 2.24) is 10.6 Å². The van der Waals surface area contributed by atoms with E-state index < -0.39 is 41.9 Å². The molecule has 9 nitrogen and oxygen atoms in total. The van der Waals surface area contributed by atoms with Gasteiger partial charge in [-0.2, -0.15) is 11.8 Å². The van der Waals surface area contributed by atoms with Gasteiger partial charge in [0.25, 0.3) is 0 Å². The molecule has 2 amide bonds. The number of carbonyl (C=O) groups is 4. The minimum atomic E-state index is -1.24. The molecule has 0 saturated carbocycles. The Labute approximate surface area is 138 Å². The van der Waals surface area contributed by atoms with Crippen molar-refractivity contribution in [3.63, 3.8) is 0 Å². The number of amides is 2. The molecule has 0 heterocycles. The Bertz CT molecular complexity index is 445. The van der Waals surface area contributed by atoms with Crippen molar-refractivity contribution in [2.75, 3.05) is 12.0 Å². The summed E-state index contributed by atoms with van der Waals surface area (Å²) in [4.78, 5) is 45.4. The summed E-state index contributed by atoms with van der Waals surface area (Å²) in [5.41, 5.74) is 5.69. The molecule has 0 radical (unpaired) electrons. The maximum absolute atomic E-state index is 12.0. The fourth-order valence-corrected chi connectivity index (χ4v) is 2.06. The van der Waals surface area contributed by atoms with Crippen LogP contribution in [-0.2, 0) is 19.2 Å². The number of carboxylic acids is 2. The first kappa shape index (κ1) is 21.2. The van der Waals surface area contributed by atoms with Gasteiger partial charge >= 0.3 is 11.9 Å². The zero-order valence-corrected chi connectivity index (χ0v) is 13.9. The Morgan fingerprint density at radius 1 is 1.09 bits per heavy atom. The van der Waals surface area contributed by atoms with Gasteiger partial charge in [-0.15, -0.1) is 0 Å². The van der Waals surface area contributed by atoms with Crippen molar-refractivity contribution in [3.8, 4) is 0 Å². The van der Waals surface area contributed by atoms with Crippen LogP contribution in [-0.4, -0.2) is 64.1 Å². The number of rotatable bonds is 11. The molecule has 132 valence electrons. The first-order chi connectivity index (χ1) is 10.7. The predicted molar refractivity (Wildman–Crippen MR) is 85.0 cm³/mol. The van der Waals surface area contributed by atoms with Gasteiger partial charge in [-0.3, -0.25) is 19.2 Å². The second-order valence-corrected chi connectivity index (χ2v) is 5.94. The van der Waals surface area contributed by atoms with Crippen molar-refractivity contribution in [2.24, 2.45) is 5.73 Å². The van der Waals surface area contributed by atoms with Gasteiger partial charge in [0, 0.05) is 6.42 Å². The van der Waals surface area contributed by atoms with Gasteiger partial charge in [0.1, 0.15) is 12.1 Å². The van der Waals surface area contributed by atoms with E-state index in [1.165, 1.54) is 18.7 Å². The molecule has 3 atom stereocenters. The highest BCUT2D eigenvalue weighted by molar-refractivity contribution is 7.98. The van der Waals surface area contributed by atoms with E-state index in [1.54, 1.807) is 0 Å².